The molecule has 8 nitrogen and oxygen atoms in total. The van der Waals surface area contributed by atoms with E-state index in [4.69, 9.17) is 26.6 Å². The molecule has 2 aromatic rings. The molecule has 2 aliphatic rings. The van der Waals surface area contributed by atoms with Crippen LogP contribution in [0.5, 0.6) is 0 Å². The number of nitrogens with one attached hydrogen (secondary N) is 2. The van der Waals surface area contributed by atoms with Gasteiger partial charge in [0.05, 0.1) is 10.7 Å². The minimum Gasteiger partial charge on any atom is -0.371 e. The number of rotatable bonds is 9. The van der Waals surface area contributed by atoms with E-state index in [9.17, 15) is 0 Å². The number of anilines is 3. The SMILES string of the molecule is CCC(c1nc(Nc2ccc(N(CC)CC)c(Cl)c2)nc(C2CCCCCC2)n1)C1CCCN1.NN. The van der Waals surface area contributed by atoms with Gasteiger partial charge in [-0.3, -0.25) is 11.7 Å². The fourth-order valence-corrected chi connectivity index (χ4v) is 5.89. The maximum absolute atomic E-state index is 6.67. The van der Waals surface area contributed by atoms with Crippen molar-refractivity contribution < 1.29 is 0 Å². The highest BCUT2D eigenvalue weighted by molar-refractivity contribution is 6.33. The highest BCUT2D eigenvalue weighted by atomic mass is 35.5. The van der Waals surface area contributed by atoms with Gasteiger partial charge < -0.3 is 15.5 Å². The number of hydrogen-bond acceptors (Lipinski definition) is 8. The summed E-state index contributed by atoms with van der Waals surface area (Å²) in [6.07, 6.45) is 10.9. The van der Waals surface area contributed by atoms with Crippen LogP contribution >= 0.6 is 11.6 Å². The van der Waals surface area contributed by atoms with Gasteiger partial charge in [-0.25, -0.2) is 4.98 Å². The van der Waals surface area contributed by atoms with E-state index in [-0.39, 0.29) is 0 Å². The second kappa shape index (κ2) is 14.7. The monoisotopic (exact) mass is 516 g/mol. The molecule has 9 heteroatoms. The Hall–Kier alpha value is -2.00. The molecular formula is C27H45ClN8. The topological polar surface area (TPSA) is 118 Å². The van der Waals surface area contributed by atoms with Crippen molar-refractivity contribution in [1.82, 2.24) is 20.3 Å². The maximum Gasteiger partial charge on any atom is 0.230 e. The van der Waals surface area contributed by atoms with E-state index in [0.717, 1.165) is 54.1 Å². The van der Waals surface area contributed by atoms with E-state index in [2.05, 4.69) is 60.1 Å². The third-order valence-corrected chi connectivity index (χ3v) is 7.86. The highest BCUT2D eigenvalue weighted by Crippen LogP contribution is 2.34. The van der Waals surface area contributed by atoms with E-state index >= 15 is 0 Å². The van der Waals surface area contributed by atoms with Gasteiger partial charge in [0.15, 0.2) is 0 Å². The van der Waals surface area contributed by atoms with Crippen molar-refractivity contribution in [2.24, 2.45) is 11.7 Å². The lowest BCUT2D eigenvalue weighted by molar-refractivity contribution is 0.450. The fourth-order valence-electron chi connectivity index (χ4n) is 5.59. The van der Waals surface area contributed by atoms with E-state index in [1.165, 1.54) is 51.4 Å². The molecule has 1 aliphatic carbocycles. The van der Waals surface area contributed by atoms with Crippen LogP contribution in [-0.2, 0) is 0 Å². The van der Waals surface area contributed by atoms with Crippen molar-refractivity contribution in [2.75, 3.05) is 29.9 Å². The minimum atomic E-state index is 0.309. The largest absolute Gasteiger partial charge is 0.371 e. The second-order valence-electron chi connectivity index (χ2n) is 9.74. The van der Waals surface area contributed by atoms with Gasteiger partial charge in [0, 0.05) is 36.7 Å². The summed E-state index contributed by atoms with van der Waals surface area (Å²) in [4.78, 5) is 17.3. The Bertz CT molecular complexity index is 922. The number of nitrogens with two attached hydrogens (primary N) is 2. The Morgan fingerprint density at radius 1 is 1.00 bits per heavy atom. The van der Waals surface area contributed by atoms with Crippen molar-refractivity contribution in [2.45, 2.75) is 96.4 Å². The smallest absolute Gasteiger partial charge is 0.230 e. The molecule has 1 aromatic heterocycles. The van der Waals surface area contributed by atoms with Crippen LogP contribution < -0.4 is 27.2 Å². The maximum atomic E-state index is 6.67. The zero-order chi connectivity index (χ0) is 25.9. The lowest BCUT2D eigenvalue weighted by atomic mass is 9.94. The van der Waals surface area contributed by atoms with Crippen LogP contribution in [0.4, 0.5) is 17.3 Å². The molecule has 6 N–H and O–H groups in total. The van der Waals surface area contributed by atoms with Crippen LogP contribution in [0, 0.1) is 0 Å². The average Bonchev–Trinajstić information content (AvgIpc) is 3.28. The quantitative estimate of drug-likeness (QED) is 0.193. The van der Waals surface area contributed by atoms with E-state index in [1.807, 2.05) is 6.07 Å². The van der Waals surface area contributed by atoms with Crippen molar-refractivity contribution in [3.8, 4) is 0 Å². The normalized spacial score (nSPS) is 19.2. The molecule has 1 aliphatic heterocycles. The number of nitrogens with zero attached hydrogens (tertiary/aromatic N) is 4. The zero-order valence-electron chi connectivity index (χ0n) is 22.3. The first-order chi connectivity index (χ1) is 17.6. The van der Waals surface area contributed by atoms with Crippen LogP contribution in [-0.4, -0.2) is 40.6 Å². The van der Waals surface area contributed by atoms with Crippen LogP contribution in [0.2, 0.25) is 5.02 Å². The highest BCUT2D eigenvalue weighted by Gasteiger charge is 2.29. The number of hydrazine groups is 1. The first-order valence-corrected chi connectivity index (χ1v) is 14.1. The third-order valence-electron chi connectivity index (χ3n) is 7.55. The van der Waals surface area contributed by atoms with Gasteiger partial charge in [-0.1, -0.05) is 44.2 Å². The molecular weight excluding hydrogens is 472 g/mol. The van der Waals surface area contributed by atoms with Crippen LogP contribution in [0.25, 0.3) is 0 Å². The molecule has 2 fully saturated rings. The summed E-state index contributed by atoms with van der Waals surface area (Å²) in [6.45, 7) is 9.49. The van der Waals surface area contributed by atoms with E-state index in [1.54, 1.807) is 0 Å². The summed E-state index contributed by atoms with van der Waals surface area (Å²) in [5.74, 6) is 11.3. The summed E-state index contributed by atoms with van der Waals surface area (Å²) in [6, 6.07) is 6.60. The fraction of sp³-hybridized carbons (Fsp3) is 0.667. The Morgan fingerprint density at radius 3 is 2.31 bits per heavy atom. The summed E-state index contributed by atoms with van der Waals surface area (Å²) in [5, 5.41) is 7.89. The van der Waals surface area contributed by atoms with Crippen molar-refractivity contribution in [1.29, 1.82) is 0 Å². The van der Waals surface area contributed by atoms with E-state index < -0.39 is 0 Å². The number of halogens is 1. The lowest BCUT2D eigenvalue weighted by Crippen LogP contribution is -2.30. The number of benzene rings is 1. The minimum absolute atomic E-state index is 0.309. The molecule has 0 radical (unpaired) electrons. The van der Waals surface area contributed by atoms with Gasteiger partial charge in [-0.05, 0) is 70.7 Å². The Balaban J connectivity index is 0.00000176. The molecule has 4 rings (SSSR count). The van der Waals surface area contributed by atoms with Gasteiger partial charge in [-0.15, -0.1) is 0 Å². The van der Waals surface area contributed by atoms with Gasteiger partial charge in [0.25, 0.3) is 0 Å². The molecule has 1 saturated carbocycles. The zero-order valence-corrected chi connectivity index (χ0v) is 23.0. The van der Waals surface area contributed by atoms with E-state index in [0.29, 0.717) is 23.8 Å². The molecule has 2 atom stereocenters. The molecule has 2 unspecified atom stereocenters. The van der Waals surface area contributed by atoms with Crippen molar-refractivity contribution in [3.63, 3.8) is 0 Å². The summed E-state index contributed by atoms with van der Waals surface area (Å²) < 4.78 is 0. The van der Waals surface area contributed by atoms with Crippen LogP contribution in [0.15, 0.2) is 18.2 Å². The molecule has 0 amide bonds. The third kappa shape index (κ3) is 7.28. The molecule has 0 spiro atoms. The molecule has 36 heavy (non-hydrogen) atoms. The molecule has 1 aromatic carbocycles. The van der Waals surface area contributed by atoms with Gasteiger partial charge in [0.1, 0.15) is 11.6 Å². The summed E-state index contributed by atoms with van der Waals surface area (Å²) in [5.41, 5.74) is 1.97. The van der Waals surface area contributed by atoms with Gasteiger partial charge in [-0.2, -0.15) is 9.97 Å². The predicted octanol–water partition coefficient (Wildman–Crippen LogP) is 5.62. The molecule has 1 saturated heterocycles. The standard InChI is InChI=1S/C27H41ClN6.H4N2/c1-4-21(23-14-11-17-29-23)26-31-25(19-12-9-7-8-10-13-19)32-27(33-26)30-20-15-16-24(22(28)18-20)34(5-2)6-3;1-2/h15-16,18-19,21,23,29H,4-14,17H2,1-3H3,(H,30,31,32,33);1-2H2. The van der Waals surface area contributed by atoms with Gasteiger partial charge in [0.2, 0.25) is 5.95 Å². The molecule has 200 valence electrons. The molecule has 2 heterocycles. The first kappa shape index (κ1) is 28.6. The molecule has 0 bridgehead atoms. The van der Waals surface area contributed by atoms with Crippen LogP contribution in [0.3, 0.4) is 0 Å². The Kier molecular flexibility index (Phi) is 11.6. The van der Waals surface area contributed by atoms with Gasteiger partial charge >= 0.3 is 0 Å². The van der Waals surface area contributed by atoms with Crippen molar-refractivity contribution >= 4 is 28.9 Å². The number of aromatic nitrogens is 3. The van der Waals surface area contributed by atoms with Crippen molar-refractivity contribution in [3.05, 3.63) is 34.9 Å². The first-order valence-electron chi connectivity index (χ1n) is 13.8. The summed E-state index contributed by atoms with van der Waals surface area (Å²) >= 11 is 6.67. The predicted molar refractivity (Wildman–Crippen MR) is 151 cm³/mol. The number of hydrogen-bond donors (Lipinski definition) is 4. The van der Waals surface area contributed by atoms with Crippen LogP contribution in [0.1, 0.15) is 102 Å². The summed E-state index contributed by atoms with van der Waals surface area (Å²) in [7, 11) is 0. The Morgan fingerprint density at radius 2 is 1.72 bits per heavy atom. The second-order valence-corrected chi connectivity index (χ2v) is 10.2. The lowest BCUT2D eigenvalue weighted by Gasteiger charge is -2.24. The average molecular weight is 517 g/mol. The Labute approximate surface area is 222 Å².